The first kappa shape index (κ1) is 12.3. The number of hydrogen-bond acceptors (Lipinski definition) is 1. The van der Waals surface area contributed by atoms with Crippen LogP contribution in [0.25, 0.3) is 0 Å². The summed E-state index contributed by atoms with van der Waals surface area (Å²) in [7, 11) is 0. The largest absolute Gasteiger partial charge is 0.318 e. The van der Waals surface area contributed by atoms with E-state index in [-0.39, 0.29) is 0 Å². The fraction of sp³-hybridized carbons (Fsp3) is 0.250. The fourth-order valence-corrected chi connectivity index (χ4v) is 2.94. The zero-order chi connectivity index (χ0) is 13.5. The van der Waals surface area contributed by atoms with Crippen LogP contribution < -0.4 is 5.73 Å². The lowest BCUT2D eigenvalue weighted by molar-refractivity contribution is 0.435. The van der Waals surface area contributed by atoms with Crippen molar-refractivity contribution in [1.29, 1.82) is 0 Å². The number of halogens is 2. The summed E-state index contributed by atoms with van der Waals surface area (Å²) in [6.07, 6.45) is 2.68. The van der Waals surface area contributed by atoms with E-state index in [2.05, 4.69) is 6.07 Å². The van der Waals surface area contributed by atoms with E-state index in [1.807, 2.05) is 18.2 Å². The van der Waals surface area contributed by atoms with Gasteiger partial charge in [-0.3, -0.25) is 0 Å². The monoisotopic (exact) mass is 259 g/mol. The van der Waals surface area contributed by atoms with Crippen LogP contribution in [0.1, 0.15) is 29.5 Å². The van der Waals surface area contributed by atoms with Gasteiger partial charge >= 0.3 is 0 Å². The molecule has 0 aliphatic heterocycles. The molecule has 1 unspecified atom stereocenters. The highest BCUT2D eigenvalue weighted by Gasteiger charge is 2.34. The lowest BCUT2D eigenvalue weighted by atomic mass is 9.73. The maximum absolute atomic E-state index is 13.4. The molecule has 1 aliphatic carbocycles. The van der Waals surface area contributed by atoms with E-state index in [1.54, 1.807) is 6.07 Å². The van der Waals surface area contributed by atoms with Crippen LogP contribution in [0.5, 0.6) is 0 Å². The summed E-state index contributed by atoms with van der Waals surface area (Å²) >= 11 is 0. The molecule has 3 rings (SSSR count). The van der Waals surface area contributed by atoms with Gasteiger partial charge in [-0.25, -0.2) is 8.78 Å². The molecule has 0 fully saturated rings. The van der Waals surface area contributed by atoms with Crippen LogP contribution in [-0.2, 0) is 12.0 Å². The van der Waals surface area contributed by atoms with Crippen molar-refractivity contribution in [1.82, 2.24) is 0 Å². The van der Waals surface area contributed by atoms with Crippen molar-refractivity contribution in [3.8, 4) is 0 Å². The van der Waals surface area contributed by atoms with Crippen molar-refractivity contribution in [2.24, 2.45) is 5.73 Å². The number of rotatable bonds is 1. The van der Waals surface area contributed by atoms with E-state index in [4.69, 9.17) is 5.73 Å². The third-order valence-electron chi connectivity index (χ3n) is 3.95. The number of hydrogen-bond donors (Lipinski definition) is 1. The molecule has 0 saturated heterocycles. The Balaban J connectivity index is 2.16. The van der Waals surface area contributed by atoms with Gasteiger partial charge < -0.3 is 5.73 Å². The first-order valence-corrected chi connectivity index (χ1v) is 6.44. The Kier molecular flexibility index (Phi) is 2.86. The molecule has 19 heavy (non-hydrogen) atoms. The smallest absolute Gasteiger partial charge is 0.159 e. The van der Waals surface area contributed by atoms with Crippen LogP contribution in [0.4, 0.5) is 8.78 Å². The van der Waals surface area contributed by atoms with Gasteiger partial charge in [0.2, 0.25) is 0 Å². The average Bonchev–Trinajstić information content (AvgIpc) is 2.42. The van der Waals surface area contributed by atoms with E-state index in [9.17, 15) is 8.78 Å². The van der Waals surface area contributed by atoms with Gasteiger partial charge in [0, 0.05) is 0 Å². The summed E-state index contributed by atoms with van der Waals surface area (Å²) in [4.78, 5) is 0. The molecule has 1 aliphatic rings. The Morgan fingerprint density at radius 3 is 2.58 bits per heavy atom. The van der Waals surface area contributed by atoms with Gasteiger partial charge in [0.15, 0.2) is 11.6 Å². The minimum absolute atomic E-state index is 0.638. The van der Waals surface area contributed by atoms with Crippen molar-refractivity contribution in [2.75, 3.05) is 0 Å². The predicted molar refractivity (Wildman–Crippen MR) is 70.7 cm³/mol. The summed E-state index contributed by atoms with van der Waals surface area (Å²) in [5, 5.41) is 0. The van der Waals surface area contributed by atoms with Crippen LogP contribution in [0.2, 0.25) is 0 Å². The van der Waals surface area contributed by atoms with Crippen LogP contribution in [0.15, 0.2) is 42.5 Å². The van der Waals surface area contributed by atoms with Crippen LogP contribution in [0, 0.1) is 11.6 Å². The van der Waals surface area contributed by atoms with E-state index < -0.39 is 17.2 Å². The molecule has 2 N–H and O–H groups in total. The third-order valence-corrected chi connectivity index (χ3v) is 3.95. The molecule has 0 radical (unpaired) electrons. The van der Waals surface area contributed by atoms with Gasteiger partial charge in [0.05, 0.1) is 5.54 Å². The minimum atomic E-state index is -0.842. The van der Waals surface area contributed by atoms with E-state index >= 15 is 0 Å². The third kappa shape index (κ3) is 1.94. The van der Waals surface area contributed by atoms with Gasteiger partial charge in [-0.2, -0.15) is 0 Å². The fourth-order valence-electron chi connectivity index (χ4n) is 2.94. The summed E-state index contributed by atoms with van der Waals surface area (Å²) in [5.41, 5.74) is 8.66. The van der Waals surface area contributed by atoms with Gasteiger partial charge in [-0.05, 0) is 48.1 Å². The zero-order valence-corrected chi connectivity index (χ0v) is 10.5. The molecule has 0 spiro atoms. The van der Waals surface area contributed by atoms with Gasteiger partial charge in [-0.15, -0.1) is 0 Å². The molecule has 0 amide bonds. The Morgan fingerprint density at radius 1 is 1.00 bits per heavy atom. The molecule has 1 nitrogen and oxygen atoms in total. The molecule has 0 bridgehead atoms. The first-order chi connectivity index (χ1) is 9.11. The predicted octanol–water partition coefficient (Wildman–Crippen LogP) is 3.50. The number of nitrogens with two attached hydrogens (primary N) is 1. The van der Waals surface area contributed by atoms with E-state index in [1.165, 1.54) is 11.6 Å². The second-order valence-corrected chi connectivity index (χ2v) is 5.11. The lowest BCUT2D eigenvalue weighted by Crippen LogP contribution is -2.41. The molecule has 1 atom stereocenters. The second kappa shape index (κ2) is 4.42. The van der Waals surface area contributed by atoms with Crippen molar-refractivity contribution in [3.05, 3.63) is 70.8 Å². The van der Waals surface area contributed by atoms with Gasteiger partial charge in [-0.1, -0.05) is 30.3 Å². The normalized spacial score (nSPS) is 22.1. The minimum Gasteiger partial charge on any atom is -0.318 e. The molecule has 0 aromatic heterocycles. The summed E-state index contributed by atoms with van der Waals surface area (Å²) in [6.45, 7) is 0. The van der Waals surface area contributed by atoms with Crippen LogP contribution in [-0.4, -0.2) is 0 Å². The summed E-state index contributed by atoms with van der Waals surface area (Å²) in [5.74, 6) is -1.68. The first-order valence-electron chi connectivity index (χ1n) is 6.44. The van der Waals surface area contributed by atoms with Gasteiger partial charge in [0.1, 0.15) is 0 Å². The van der Waals surface area contributed by atoms with Crippen LogP contribution in [0.3, 0.4) is 0 Å². The maximum Gasteiger partial charge on any atom is 0.159 e. The highest BCUT2D eigenvalue weighted by Crippen LogP contribution is 2.38. The topological polar surface area (TPSA) is 26.0 Å². The Morgan fingerprint density at radius 2 is 1.79 bits per heavy atom. The number of fused-ring (bicyclic) bond motifs is 1. The van der Waals surface area contributed by atoms with Crippen molar-refractivity contribution < 1.29 is 8.78 Å². The summed E-state index contributed by atoms with van der Waals surface area (Å²) in [6, 6.07) is 11.9. The van der Waals surface area contributed by atoms with Crippen molar-refractivity contribution in [3.63, 3.8) is 0 Å². The Bertz CT molecular complexity index is 624. The SMILES string of the molecule is NC1(c2ccc(F)c(F)c2)CCCc2ccccc21. The molecule has 0 saturated carbocycles. The Labute approximate surface area is 111 Å². The van der Waals surface area contributed by atoms with Crippen molar-refractivity contribution in [2.45, 2.75) is 24.8 Å². The standard InChI is InChI=1S/C16H15F2N/c17-14-8-7-12(10-15(14)18)16(19)9-3-5-11-4-1-2-6-13(11)16/h1-2,4,6-8,10H,3,5,9,19H2. The average molecular weight is 259 g/mol. The molecule has 2 aromatic rings. The highest BCUT2D eigenvalue weighted by molar-refractivity contribution is 5.44. The van der Waals surface area contributed by atoms with E-state index in [0.29, 0.717) is 5.56 Å². The maximum atomic E-state index is 13.4. The van der Waals surface area contributed by atoms with E-state index in [0.717, 1.165) is 30.9 Å². The number of benzene rings is 2. The van der Waals surface area contributed by atoms with Crippen molar-refractivity contribution >= 4 is 0 Å². The molecule has 2 aromatic carbocycles. The zero-order valence-electron chi connectivity index (χ0n) is 10.5. The highest BCUT2D eigenvalue weighted by atomic mass is 19.2. The summed E-state index contributed by atoms with van der Waals surface area (Å²) < 4.78 is 26.5. The Hall–Kier alpha value is -1.74. The molecular formula is C16H15F2N. The van der Waals surface area contributed by atoms with Crippen LogP contribution >= 0.6 is 0 Å². The molecule has 98 valence electrons. The second-order valence-electron chi connectivity index (χ2n) is 5.11. The molecule has 3 heteroatoms. The lowest BCUT2D eigenvalue weighted by Gasteiger charge is -2.36. The molecular weight excluding hydrogens is 244 g/mol. The molecule has 0 heterocycles. The quantitative estimate of drug-likeness (QED) is 0.833. The number of aryl methyl sites for hydroxylation is 1. The van der Waals surface area contributed by atoms with Gasteiger partial charge in [0.25, 0.3) is 0 Å².